The van der Waals surface area contributed by atoms with Gasteiger partial charge in [0.25, 0.3) is 0 Å². The van der Waals surface area contributed by atoms with Gasteiger partial charge in [-0.3, -0.25) is 10.5 Å². The lowest BCUT2D eigenvalue weighted by atomic mass is 10.1. The van der Waals surface area contributed by atoms with Crippen molar-refractivity contribution in [2.45, 2.75) is 25.4 Å². The molecule has 2 aromatic rings. The molecule has 0 aliphatic carbocycles. The second kappa shape index (κ2) is 7.13. The zero-order valence-electron chi connectivity index (χ0n) is 12.0. The molecule has 1 saturated heterocycles. The molecule has 2 atom stereocenters. The number of rotatable bonds is 3. The second-order valence-electron chi connectivity index (χ2n) is 5.25. The van der Waals surface area contributed by atoms with Crippen LogP contribution in [0.3, 0.4) is 0 Å². The molecular weight excluding hydrogens is 542 g/mol. The number of hydrazine groups is 1. The van der Waals surface area contributed by atoms with Crippen molar-refractivity contribution in [3.63, 3.8) is 0 Å². The van der Waals surface area contributed by atoms with Crippen molar-refractivity contribution in [1.82, 2.24) is 25.7 Å². The summed E-state index contributed by atoms with van der Waals surface area (Å²) < 4.78 is 3.80. The molecule has 1 aliphatic heterocycles. The van der Waals surface area contributed by atoms with Crippen LogP contribution in [0.1, 0.15) is 30.8 Å². The van der Waals surface area contributed by atoms with Crippen LogP contribution in [0, 0.1) is 11.9 Å². The summed E-state index contributed by atoms with van der Waals surface area (Å²) in [7, 11) is 0. The molecular formula is C13H14I2N6OS. The number of halogens is 2. The average Bonchev–Trinajstić information content (AvgIpc) is 3.07. The molecule has 0 bridgehead atoms. The maximum Gasteiger partial charge on any atom is 0.216 e. The van der Waals surface area contributed by atoms with Gasteiger partial charge in [-0.2, -0.15) is 14.9 Å². The van der Waals surface area contributed by atoms with Gasteiger partial charge >= 0.3 is 0 Å². The van der Waals surface area contributed by atoms with Crippen LogP contribution in [-0.2, 0) is 0 Å². The van der Waals surface area contributed by atoms with E-state index >= 15 is 0 Å². The van der Waals surface area contributed by atoms with E-state index < -0.39 is 0 Å². The Balaban J connectivity index is 1.95. The molecule has 1 aromatic heterocycles. The first kappa shape index (κ1) is 17.3. The third kappa shape index (κ3) is 3.75. The van der Waals surface area contributed by atoms with Gasteiger partial charge in [-0.1, -0.05) is 0 Å². The maximum absolute atomic E-state index is 10.2. The van der Waals surface area contributed by atoms with Gasteiger partial charge in [0.05, 0.1) is 15.8 Å². The van der Waals surface area contributed by atoms with Crippen LogP contribution >= 0.6 is 57.4 Å². The summed E-state index contributed by atoms with van der Waals surface area (Å²) >= 11 is 9.56. The average molecular weight is 556 g/mol. The summed E-state index contributed by atoms with van der Waals surface area (Å²) in [5.41, 5.74) is 6.98. The Labute approximate surface area is 165 Å². The molecule has 3 rings (SSSR count). The number of nitrogens with one attached hydrogen (secondary N) is 3. The van der Waals surface area contributed by atoms with Crippen molar-refractivity contribution >= 4 is 63.6 Å². The smallest absolute Gasteiger partial charge is 0.216 e. The molecule has 10 heteroatoms. The van der Waals surface area contributed by atoms with Crippen molar-refractivity contribution in [1.29, 1.82) is 0 Å². The number of hydrogen-bond donors (Lipinski definition) is 4. The molecule has 7 nitrogen and oxygen atoms in total. The highest BCUT2D eigenvalue weighted by Crippen LogP contribution is 2.26. The van der Waals surface area contributed by atoms with Crippen molar-refractivity contribution in [2.24, 2.45) is 5.10 Å². The van der Waals surface area contributed by atoms with Gasteiger partial charge in [-0.25, -0.2) is 5.43 Å². The van der Waals surface area contributed by atoms with Crippen LogP contribution in [0.4, 0.5) is 0 Å². The van der Waals surface area contributed by atoms with Crippen LogP contribution in [0.2, 0.25) is 0 Å². The molecule has 1 aliphatic rings. The standard InChI is InChI=1S/C13H14I2N6OS/c1-6-2-10(18-17-6)12-19-20-13(23)21(12)16-5-7-3-8(14)4-9(15)11(7)22/h3-6,10,17-18,22H,2H2,1H3,(H,20,23)/b16-5+. The van der Waals surface area contributed by atoms with Gasteiger partial charge in [0.1, 0.15) is 5.75 Å². The Kier molecular flexibility index (Phi) is 5.35. The molecule has 0 spiro atoms. The molecule has 23 heavy (non-hydrogen) atoms. The predicted octanol–water partition coefficient (Wildman–Crippen LogP) is 2.67. The Bertz CT molecular complexity index is 817. The number of aromatic nitrogens is 3. The lowest BCUT2D eigenvalue weighted by Gasteiger charge is -2.08. The molecule has 1 aromatic carbocycles. The van der Waals surface area contributed by atoms with Crippen LogP contribution in [0.25, 0.3) is 0 Å². The summed E-state index contributed by atoms with van der Waals surface area (Å²) in [6.07, 6.45) is 2.49. The monoisotopic (exact) mass is 556 g/mol. The number of aromatic amines is 1. The first-order valence-corrected chi connectivity index (χ1v) is 9.43. The molecule has 1 fully saturated rings. The SMILES string of the molecule is CC1CC(c2n[nH]c(=S)n2/N=C/c2cc(I)cc(I)c2O)NN1. The van der Waals surface area contributed by atoms with Gasteiger partial charge in [-0.05, 0) is 82.9 Å². The number of hydrogen-bond acceptors (Lipinski definition) is 6. The van der Waals surface area contributed by atoms with E-state index in [1.54, 1.807) is 10.9 Å². The number of phenols is 1. The van der Waals surface area contributed by atoms with Gasteiger partial charge in [0.15, 0.2) is 5.82 Å². The topological polar surface area (TPSA) is 90.3 Å². The number of benzene rings is 1. The minimum absolute atomic E-state index is 0.0275. The van der Waals surface area contributed by atoms with Crippen LogP contribution in [-0.4, -0.2) is 32.2 Å². The van der Waals surface area contributed by atoms with Gasteiger partial charge < -0.3 is 5.11 Å². The fourth-order valence-electron chi connectivity index (χ4n) is 2.33. The fraction of sp³-hybridized carbons (Fsp3) is 0.308. The quantitative estimate of drug-likeness (QED) is 0.266. The number of aromatic hydroxyl groups is 1. The zero-order chi connectivity index (χ0) is 16.6. The van der Waals surface area contributed by atoms with Gasteiger partial charge in [0, 0.05) is 15.2 Å². The summed E-state index contributed by atoms with van der Waals surface area (Å²) in [5.74, 6) is 0.920. The van der Waals surface area contributed by atoms with E-state index in [1.807, 2.05) is 12.1 Å². The van der Waals surface area contributed by atoms with Gasteiger partial charge in [-0.15, -0.1) is 0 Å². The van der Waals surface area contributed by atoms with E-state index in [1.165, 1.54) is 0 Å². The number of phenolic OH excluding ortho intramolecular Hbond substituents is 1. The van der Waals surface area contributed by atoms with Crippen molar-refractivity contribution in [3.05, 3.63) is 35.4 Å². The highest BCUT2D eigenvalue weighted by molar-refractivity contribution is 14.1. The largest absolute Gasteiger partial charge is 0.506 e. The summed E-state index contributed by atoms with van der Waals surface area (Å²) in [6.45, 7) is 2.09. The van der Waals surface area contributed by atoms with E-state index in [0.29, 0.717) is 22.2 Å². The Hall–Kier alpha value is -0.570. The Morgan fingerprint density at radius 1 is 1.43 bits per heavy atom. The molecule has 122 valence electrons. The van der Waals surface area contributed by atoms with E-state index in [9.17, 15) is 5.11 Å². The third-order valence-corrected chi connectivity index (χ3v) is 5.16. The first-order chi connectivity index (χ1) is 11.0. The zero-order valence-corrected chi connectivity index (χ0v) is 17.2. The second-order valence-corrected chi connectivity index (χ2v) is 8.04. The van der Waals surface area contributed by atoms with Crippen molar-refractivity contribution in [3.8, 4) is 5.75 Å². The summed E-state index contributed by atoms with van der Waals surface area (Å²) in [4.78, 5) is 0. The normalized spacial score (nSPS) is 21.3. The van der Waals surface area contributed by atoms with E-state index in [4.69, 9.17) is 12.2 Å². The summed E-state index contributed by atoms with van der Waals surface area (Å²) in [5, 5.41) is 21.6. The third-order valence-electron chi connectivity index (χ3n) is 3.45. The predicted molar refractivity (Wildman–Crippen MR) is 107 cm³/mol. The minimum Gasteiger partial charge on any atom is -0.506 e. The molecule has 2 heterocycles. The lowest BCUT2D eigenvalue weighted by molar-refractivity contribution is 0.470. The molecule has 2 unspecified atom stereocenters. The highest BCUT2D eigenvalue weighted by atomic mass is 127. The van der Waals surface area contributed by atoms with Crippen molar-refractivity contribution < 1.29 is 5.11 Å². The minimum atomic E-state index is 0.0275. The highest BCUT2D eigenvalue weighted by Gasteiger charge is 2.26. The Morgan fingerprint density at radius 3 is 2.91 bits per heavy atom. The molecule has 0 saturated carbocycles. The number of nitrogens with zero attached hydrogens (tertiary/aromatic N) is 3. The maximum atomic E-state index is 10.2. The van der Waals surface area contributed by atoms with E-state index in [-0.39, 0.29) is 11.8 Å². The molecule has 0 radical (unpaired) electrons. The first-order valence-electron chi connectivity index (χ1n) is 6.86. The fourth-order valence-corrected chi connectivity index (χ4v) is 4.41. The van der Waals surface area contributed by atoms with Gasteiger partial charge in [0.2, 0.25) is 4.77 Å². The summed E-state index contributed by atoms with van der Waals surface area (Å²) in [6, 6.07) is 4.14. The lowest BCUT2D eigenvalue weighted by Crippen LogP contribution is -2.29. The van der Waals surface area contributed by atoms with E-state index in [2.05, 4.69) is 78.3 Å². The van der Waals surface area contributed by atoms with Crippen LogP contribution < -0.4 is 10.9 Å². The van der Waals surface area contributed by atoms with E-state index in [0.717, 1.165) is 13.6 Å². The van der Waals surface area contributed by atoms with Crippen molar-refractivity contribution in [2.75, 3.05) is 0 Å². The Morgan fingerprint density at radius 2 is 2.22 bits per heavy atom. The van der Waals surface area contributed by atoms with Crippen LogP contribution in [0.5, 0.6) is 5.75 Å². The van der Waals surface area contributed by atoms with Crippen LogP contribution in [0.15, 0.2) is 17.2 Å². The molecule has 4 N–H and O–H groups in total. The number of H-pyrrole nitrogens is 1. The molecule has 0 amide bonds.